The normalized spacial score (nSPS) is 10.3. The molecule has 0 spiro atoms. The Hall–Kier alpha value is -2.39. The van der Waals surface area contributed by atoms with Crippen molar-refractivity contribution in [3.8, 4) is 0 Å². The van der Waals surface area contributed by atoms with Crippen LogP contribution in [0.15, 0.2) is 35.7 Å². The first-order chi connectivity index (χ1) is 12.0. The van der Waals surface area contributed by atoms with E-state index in [0.717, 1.165) is 16.9 Å². The van der Waals surface area contributed by atoms with Gasteiger partial charge in [-0.2, -0.15) is 0 Å². The number of ether oxygens (including phenoxy) is 1. The Bertz CT molecular complexity index is 762. The Labute approximate surface area is 151 Å². The van der Waals surface area contributed by atoms with E-state index < -0.39 is 24.4 Å². The molecule has 6 nitrogen and oxygen atoms in total. The lowest BCUT2D eigenvalue weighted by atomic mass is 10.2. The molecule has 0 saturated heterocycles. The van der Waals surface area contributed by atoms with Gasteiger partial charge in [0.2, 0.25) is 0 Å². The minimum atomic E-state index is -0.647. The number of amides is 2. The maximum atomic E-state index is 12.8. The van der Waals surface area contributed by atoms with Gasteiger partial charge < -0.3 is 15.8 Å². The summed E-state index contributed by atoms with van der Waals surface area (Å²) >= 11 is 2.44. The van der Waals surface area contributed by atoms with Gasteiger partial charge in [0.1, 0.15) is 10.8 Å². The first kappa shape index (κ1) is 18.9. The van der Waals surface area contributed by atoms with Crippen LogP contribution in [0.2, 0.25) is 0 Å². The lowest BCUT2D eigenvalue weighted by Gasteiger charge is -2.06. The van der Waals surface area contributed by atoms with Crippen LogP contribution in [-0.2, 0) is 20.1 Å². The van der Waals surface area contributed by atoms with E-state index in [1.807, 2.05) is 0 Å². The molecule has 0 aliphatic carbocycles. The Morgan fingerprint density at radius 2 is 1.92 bits per heavy atom. The SMILES string of the molecule is NC(=O)c1ccsc1NC(=O)COC(=O)CSCc1ccc(F)cc1. The van der Waals surface area contributed by atoms with Crippen LogP contribution in [0.5, 0.6) is 0 Å². The molecule has 0 aliphatic heterocycles. The molecule has 3 N–H and O–H groups in total. The van der Waals surface area contributed by atoms with Crippen molar-refractivity contribution in [2.45, 2.75) is 5.75 Å². The van der Waals surface area contributed by atoms with Gasteiger partial charge in [0.05, 0.1) is 11.3 Å². The predicted molar refractivity (Wildman–Crippen MR) is 95.0 cm³/mol. The minimum absolute atomic E-state index is 0.0657. The van der Waals surface area contributed by atoms with Crippen molar-refractivity contribution in [3.63, 3.8) is 0 Å². The number of primary amides is 1. The first-order valence-corrected chi connectivity index (χ1v) is 9.14. The van der Waals surface area contributed by atoms with Crippen LogP contribution < -0.4 is 11.1 Å². The van der Waals surface area contributed by atoms with Crippen LogP contribution >= 0.6 is 23.1 Å². The second-order valence-corrected chi connectivity index (χ2v) is 6.76. The number of esters is 1. The molecule has 0 unspecified atom stereocenters. The smallest absolute Gasteiger partial charge is 0.316 e. The van der Waals surface area contributed by atoms with Crippen molar-refractivity contribution in [3.05, 3.63) is 52.7 Å². The topological polar surface area (TPSA) is 98.5 Å². The molecule has 0 aliphatic rings. The molecule has 1 heterocycles. The van der Waals surface area contributed by atoms with Crippen LogP contribution in [0.25, 0.3) is 0 Å². The summed E-state index contributed by atoms with van der Waals surface area (Å²) in [5.74, 6) is -1.46. The standard InChI is InChI=1S/C16H15FN2O4S2/c17-11-3-1-10(2-4-11)8-24-9-14(21)23-7-13(20)19-16-12(15(18)22)5-6-25-16/h1-6H,7-9H2,(H2,18,22)(H,19,20). The number of thiophene rings is 1. The van der Waals surface area contributed by atoms with Crippen molar-refractivity contribution in [1.82, 2.24) is 0 Å². The van der Waals surface area contributed by atoms with Crippen LogP contribution in [0.3, 0.4) is 0 Å². The molecular weight excluding hydrogens is 367 g/mol. The van der Waals surface area contributed by atoms with E-state index in [-0.39, 0.29) is 17.1 Å². The van der Waals surface area contributed by atoms with E-state index >= 15 is 0 Å². The molecule has 0 bridgehead atoms. The lowest BCUT2D eigenvalue weighted by molar-refractivity contribution is -0.144. The number of halogens is 1. The molecule has 9 heteroatoms. The van der Waals surface area contributed by atoms with Crippen molar-refractivity contribution in [2.24, 2.45) is 5.73 Å². The Morgan fingerprint density at radius 3 is 2.60 bits per heavy atom. The Kier molecular flexibility index (Phi) is 6.96. The number of hydrogen-bond donors (Lipinski definition) is 2. The van der Waals surface area contributed by atoms with Gasteiger partial charge in [-0.25, -0.2) is 4.39 Å². The van der Waals surface area contributed by atoms with Crippen LogP contribution in [0.4, 0.5) is 9.39 Å². The Balaban J connectivity index is 1.68. The molecule has 0 fully saturated rings. The highest BCUT2D eigenvalue weighted by molar-refractivity contribution is 7.99. The zero-order valence-corrected chi connectivity index (χ0v) is 14.6. The number of rotatable bonds is 8. The number of benzene rings is 1. The molecule has 0 radical (unpaired) electrons. The van der Waals surface area contributed by atoms with E-state index in [2.05, 4.69) is 5.32 Å². The first-order valence-electron chi connectivity index (χ1n) is 7.10. The van der Waals surface area contributed by atoms with Crippen molar-refractivity contribution in [1.29, 1.82) is 0 Å². The highest BCUT2D eigenvalue weighted by Crippen LogP contribution is 2.22. The van der Waals surface area contributed by atoms with Gasteiger partial charge in [-0.15, -0.1) is 23.1 Å². The van der Waals surface area contributed by atoms with Gasteiger partial charge in [0.15, 0.2) is 6.61 Å². The maximum Gasteiger partial charge on any atom is 0.316 e. The Morgan fingerprint density at radius 1 is 1.20 bits per heavy atom. The number of carbonyl (C=O) groups is 3. The number of carbonyl (C=O) groups excluding carboxylic acids is 3. The highest BCUT2D eigenvalue weighted by atomic mass is 32.2. The van der Waals surface area contributed by atoms with E-state index in [1.165, 1.54) is 30.0 Å². The quantitative estimate of drug-likeness (QED) is 0.683. The van der Waals surface area contributed by atoms with Crippen LogP contribution in [0, 0.1) is 5.82 Å². The zero-order chi connectivity index (χ0) is 18.2. The molecule has 0 saturated carbocycles. The summed E-state index contributed by atoms with van der Waals surface area (Å²) in [6.45, 7) is -0.452. The molecule has 1 aromatic carbocycles. The lowest BCUT2D eigenvalue weighted by Crippen LogP contribution is -2.22. The summed E-state index contributed by atoms with van der Waals surface area (Å²) in [5, 5.41) is 4.41. The summed E-state index contributed by atoms with van der Waals surface area (Å²) in [4.78, 5) is 34.5. The van der Waals surface area contributed by atoms with Gasteiger partial charge in [-0.3, -0.25) is 14.4 Å². The maximum absolute atomic E-state index is 12.8. The number of thioether (sulfide) groups is 1. The summed E-state index contributed by atoms with van der Waals surface area (Å²) < 4.78 is 17.6. The van der Waals surface area contributed by atoms with Gasteiger partial charge in [-0.05, 0) is 29.1 Å². The summed E-state index contributed by atoms with van der Waals surface area (Å²) in [6, 6.07) is 7.48. The fourth-order valence-electron chi connectivity index (χ4n) is 1.78. The monoisotopic (exact) mass is 382 g/mol. The highest BCUT2D eigenvalue weighted by Gasteiger charge is 2.14. The third-order valence-electron chi connectivity index (χ3n) is 2.95. The molecule has 25 heavy (non-hydrogen) atoms. The van der Waals surface area contributed by atoms with Crippen molar-refractivity contribution < 1.29 is 23.5 Å². The predicted octanol–water partition coefficient (Wildman–Crippen LogP) is 2.40. The van der Waals surface area contributed by atoms with Crippen molar-refractivity contribution >= 4 is 45.9 Å². The largest absolute Gasteiger partial charge is 0.455 e. The number of nitrogens with two attached hydrogens (primary N) is 1. The molecule has 132 valence electrons. The van der Waals surface area contributed by atoms with Crippen molar-refractivity contribution in [2.75, 3.05) is 17.7 Å². The molecule has 2 amide bonds. The fraction of sp³-hybridized carbons (Fsp3) is 0.188. The van der Waals surface area contributed by atoms with Crippen LogP contribution in [0.1, 0.15) is 15.9 Å². The van der Waals surface area contributed by atoms with Gasteiger partial charge in [-0.1, -0.05) is 12.1 Å². The van der Waals surface area contributed by atoms with Gasteiger partial charge >= 0.3 is 5.97 Å². The molecule has 2 aromatic rings. The fourth-order valence-corrected chi connectivity index (χ4v) is 3.37. The van der Waals surface area contributed by atoms with E-state index in [9.17, 15) is 18.8 Å². The zero-order valence-electron chi connectivity index (χ0n) is 13.0. The number of nitrogens with one attached hydrogen (secondary N) is 1. The second kappa shape index (κ2) is 9.19. The average Bonchev–Trinajstić information content (AvgIpc) is 3.03. The molecule has 2 rings (SSSR count). The van der Waals surface area contributed by atoms with Crippen LogP contribution in [-0.4, -0.2) is 30.1 Å². The molecule has 0 atom stereocenters. The third-order valence-corrected chi connectivity index (χ3v) is 4.76. The summed E-state index contributed by atoms with van der Waals surface area (Å²) in [5.41, 5.74) is 6.27. The third kappa shape index (κ3) is 6.20. The average molecular weight is 382 g/mol. The second-order valence-electron chi connectivity index (χ2n) is 4.86. The minimum Gasteiger partial charge on any atom is -0.455 e. The van der Waals surface area contributed by atoms with Gasteiger partial charge in [0.25, 0.3) is 11.8 Å². The van der Waals surface area contributed by atoms with E-state index in [0.29, 0.717) is 10.8 Å². The van der Waals surface area contributed by atoms with E-state index in [1.54, 1.807) is 17.5 Å². The molecular formula is C16H15FN2O4S2. The summed E-state index contributed by atoms with van der Waals surface area (Å²) in [6.07, 6.45) is 0. The number of anilines is 1. The van der Waals surface area contributed by atoms with Gasteiger partial charge in [0, 0.05) is 5.75 Å². The number of hydrogen-bond acceptors (Lipinski definition) is 6. The van der Waals surface area contributed by atoms with E-state index in [4.69, 9.17) is 10.5 Å². The molecule has 1 aromatic heterocycles. The summed E-state index contributed by atoms with van der Waals surface area (Å²) in [7, 11) is 0.